The van der Waals surface area contributed by atoms with Gasteiger partial charge in [-0.3, -0.25) is 4.90 Å². The second kappa shape index (κ2) is 7.57. The Morgan fingerprint density at radius 2 is 1.76 bits per heavy atom. The van der Waals surface area contributed by atoms with Gasteiger partial charge in [0, 0.05) is 26.2 Å². The number of hydrogen-bond donors (Lipinski definition) is 1. The standard InChI is InChI=1S/C17H26N2O2/c1-4-21-17(20)16(19-11-9-18-10-12-19)15-7-5-14(6-8-15)13(2)3/h5-8,13,16,18H,4,9-12H2,1-3H3. The van der Waals surface area contributed by atoms with Gasteiger partial charge in [-0.15, -0.1) is 0 Å². The Hall–Kier alpha value is -1.39. The van der Waals surface area contributed by atoms with E-state index >= 15 is 0 Å². The monoisotopic (exact) mass is 290 g/mol. The fraction of sp³-hybridized carbons (Fsp3) is 0.588. The summed E-state index contributed by atoms with van der Waals surface area (Å²) in [6, 6.07) is 8.09. The quantitative estimate of drug-likeness (QED) is 0.845. The van der Waals surface area contributed by atoms with Gasteiger partial charge in [-0.25, -0.2) is 4.79 Å². The Kier molecular flexibility index (Phi) is 5.76. The molecule has 1 fully saturated rings. The molecule has 1 atom stereocenters. The van der Waals surface area contributed by atoms with Crippen LogP contribution in [0.3, 0.4) is 0 Å². The summed E-state index contributed by atoms with van der Waals surface area (Å²) in [6.45, 7) is 10.2. The molecule has 2 rings (SSSR count). The van der Waals surface area contributed by atoms with Gasteiger partial charge in [0.15, 0.2) is 0 Å². The lowest BCUT2D eigenvalue weighted by Gasteiger charge is -2.33. The Labute approximate surface area is 127 Å². The van der Waals surface area contributed by atoms with Gasteiger partial charge >= 0.3 is 5.97 Å². The van der Waals surface area contributed by atoms with Crippen molar-refractivity contribution in [1.29, 1.82) is 0 Å². The smallest absolute Gasteiger partial charge is 0.328 e. The fourth-order valence-corrected chi connectivity index (χ4v) is 2.72. The molecule has 0 spiro atoms. The zero-order valence-corrected chi connectivity index (χ0v) is 13.3. The van der Waals surface area contributed by atoms with Crippen LogP contribution in [0.5, 0.6) is 0 Å². The highest BCUT2D eigenvalue weighted by Crippen LogP contribution is 2.25. The lowest BCUT2D eigenvalue weighted by molar-refractivity contribution is -0.150. The zero-order chi connectivity index (χ0) is 15.2. The number of carbonyl (C=O) groups is 1. The van der Waals surface area contributed by atoms with Gasteiger partial charge in [0.05, 0.1) is 6.61 Å². The molecule has 4 nitrogen and oxygen atoms in total. The molecule has 21 heavy (non-hydrogen) atoms. The average Bonchev–Trinajstić information content (AvgIpc) is 2.49. The van der Waals surface area contributed by atoms with Crippen molar-refractivity contribution in [1.82, 2.24) is 10.2 Å². The van der Waals surface area contributed by atoms with Gasteiger partial charge in [0.25, 0.3) is 0 Å². The minimum atomic E-state index is -0.284. The number of carbonyl (C=O) groups excluding carboxylic acids is 1. The molecule has 0 aliphatic carbocycles. The molecule has 1 aromatic carbocycles. The molecule has 0 amide bonds. The van der Waals surface area contributed by atoms with Gasteiger partial charge in [0.1, 0.15) is 6.04 Å². The molecule has 1 aromatic rings. The third-order valence-corrected chi connectivity index (χ3v) is 3.95. The maximum absolute atomic E-state index is 12.4. The van der Waals surface area contributed by atoms with Crippen molar-refractivity contribution in [3.05, 3.63) is 35.4 Å². The minimum Gasteiger partial charge on any atom is -0.465 e. The SMILES string of the molecule is CCOC(=O)C(c1ccc(C(C)C)cc1)N1CCNCC1. The second-order valence-electron chi connectivity index (χ2n) is 5.76. The molecular weight excluding hydrogens is 264 g/mol. The molecule has 0 aromatic heterocycles. The number of ether oxygens (including phenoxy) is 1. The first-order valence-electron chi connectivity index (χ1n) is 7.84. The summed E-state index contributed by atoms with van der Waals surface area (Å²) in [5.41, 5.74) is 2.32. The van der Waals surface area contributed by atoms with Crippen molar-refractivity contribution in [3.63, 3.8) is 0 Å². The largest absolute Gasteiger partial charge is 0.465 e. The predicted molar refractivity (Wildman–Crippen MR) is 84.3 cm³/mol. The van der Waals surface area contributed by atoms with E-state index in [0.717, 1.165) is 31.7 Å². The third-order valence-electron chi connectivity index (χ3n) is 3.95. The summed E-state index contributed by atoms with van der Waals surface area (Å²) in [6.07, 6.45) is 0. The lowest BCUT2D eigenvalue weighted by Crippen LogP contribution is -2.47. The normalized spacial score (nSPS) is 17.7. The van der Waals surface area contributed by atoms with E-state index in [2.05, 4.69) is 48.3 Å². The Bertz CT molecular complexity index is 450. The first kappa shape index (κ1) is 16.0. The van der Waals surface area contributed by atoms with Crippen molar-refractivity contribution in [2.75, 3.05) is 32.8 Å². The van der Waals surface area contributed by atoms with Gasteiger partial charge in [-0.2, -0.15) is 0 Å². The van der Waals surface area contributed by atoms with Crippen molar-refractivity contribution in [2.24, 2.45) is 0 Å². The molecule has 1 aliphatic rings. The van der Waals surface area contributed by atoms with Gasteiger partial charge in [-0.1, -0.05) is 38.1 Å². The number of esters is 1. The first-order valence-corrected chi connectivity index (χ1v) is 7.84. The van der Waals surface area contributed by atoms with E-state index in [0.29, 0.717) is 12.5 Å². The van der Waals surface area contributed by atoms with Crippen LogP contribution in [0.2, 0.25) is 0 Å². The van der Waals surface area contributed by atoms with Crippen LogP contribution in [0.15, 0.2) is 24.3 Å². The van der Waals surface area contributed by atoms with E-state index < -0.39 is 0 Å². The van der Waals surface area contributed by atoms with Gasteiger partial charge in [-0.05, 0) is 24.0 Å². The predicted octanol–water partition coefficient (Wildman–Crippen LogP) is 2.32. The van der Waals surface area contributed by atoms with Gasteiger partial charge < -0.3 is 10.1 Å². The average molecular weight is 290 g/mol. The topological polar surface area (TPSA) is 41.6 Å². The molecule has 4 heteroatoms. The summed E-state index contributed by atoms with van der Waals surface area (Å²) in [7, 11) is 0. The highest BCUT2D eigenvalue weighted by atomic mass is 16.5. The molecule has 116 valence electrons. The van der Waals surface area contributed by atoms with Crippen molar-refractivity contribution < 1.29 is 9.53 Å². The molecule has 0 saturated carbocycles. The van der Waals surface area contributed by atoms with Crippen molar-refractivity contribution in [2.45, 2.75) is 32.7 Å². The number of rotatable bonds is 5. The Morgan fingerprint density at radius 1 is 1.19 bits per heavy atom. The molecule has 1 N–H and O–H groups in total. The third kappa shape index (κ3) is 4.05. The zero-order valence-electron chi connectivity index (χ0n) is 13.3. The Morgan fingerprint density at radius 3 is 2.29 bits per heavy atom. The molecule has 0 bridgehead atoms. The second-order valence-corrected chi connectivity index (χ2v) is 5.76. The van der Waals surface area contributed by atoms with Crippen LogP contribution in [-0.4, -0.2) is 43.7 Å². The van der Waals surface area contributed by atoms with Crippen LogP contribution in [0, 0.1) is 0 Å². The number of hydrogen-bond acceptors (Lipinski definition) is 4. The van der Waals surface area contributed by atoms with Crippen LogP contribution >= 0.6 is 0 Å². The lowest BCUT2D eigenvalue weighted by atomic mass is 9.98. The maximum atomic E-state index is 12.4. The highest BCUT2D eigenvalue weighted by Gasteiger charge is 2.29. The van der Waals surface area contributed by atoms with Crippen LogP contribution in [0.4, 0.5) is 0 Å². The van der Waals surface area contributed by atoms with E-state index in [4.69, 9.17) is 4.74 Å². The van der Waals surface area contributed by atoms with E-state index in [-0.39, 0.29) is 12.0 Å². The van der Waals surface area contributed by atoms with E-state index in [9.17, 15) is 4.79 Å². The molecule has 1 heterocycles. The number of nitrogens with zero attached hydrogens (tertiary/aromatic N) is 1. The van der Waals surface area contributed by atoms with Crippen molar-refractivity contribution >= 4 is 5.97 Å². The highest BCUT2D eigenvalue weighted by molar-refractivity contribution is 5.77. The summed E-state index contributed by atoms with van der Waals surface area (Å²) in [5.74, 6) is 0.357. The van der Waals surface area contributed by atoms with Crippen LogP contribution in [-0.2, 0) is 9.53 Å². The van der Waals surface area contributed by atoms with Gasteiger partial charge in [0.2, 0.25) is 0 Å². The molecule has 1 unspecified atom stereocenters. The number of benzene rings is 1. The van der Waals surface area contributed by atoms with Crippen LogP contribution < -0.4 is 5.32 Å². The molecular formula is C17H26N2O2. The van der Waals surface area contributed by atoms with Crippen molar-refractivity contribution in [3.8, 4) is 0 Å². The first-order chi connectivity index (χ1) is 10.1. The fourth-order valence-electron chi connectivity index (χ4n) is 2.72. The summed E-state index contributed by atoms with van der Waals surface area (Å²) < 4.78 is 5.29. The number of piperazine rings is 1. The van der Waals surface area contributed by atoms with Crippen LogP contribution in [0.25, 0.3) is 0 Å². The van der Waals surface area contributed by atoms with E-state index in [1.54, 1.807) is 0 Å². The summed E-state index contributed by atoms with van der Waals surface area (Å²) >= 11 is 0. The summed E-state index contributed by atoms with van der Waals surface area (Å²) in [5, 5.41) is 3.32. The molecule has 0 radical (unpaired) electrons. The molecule has 1 aliphatic heterocycles. The van der Waals surface area contributed by atoms with E-state index in [1.807, 2.05) is 6.92 Å². The minimum absolute atomic E-state index is 0.142. The number of nitrogens with one attached hydrogen (secondary N) is 1. The van der Waals surface area contributed by atoms with E-state index in [1.165, 1.54) is 5.56 Å². The Balaban J connectivity index is 2.22. The summed E-state index contributed by atoms with van der Waals surface area (Å²) in [4.78, 5) is 14.6. The molecule has 1 saturated heterocycles. The van der Waals surface area contributed by atoms with Crippen LogP contribution in [0.1, 0.15) is 43.9 Å². The maximum Gasteiger partial charge on any atom is 0.328 e.